The van der Waals surface area contributed by atoms with Crippen molar-refractivity contribution in [3.8, 4) is 0 Å². The molecule has 2 aromatic rings. The molecule has 2 heterocycles. The molecule has 2 aromatic heterocycles. The Morgan fingerprint density at radius 1 is 1.33 bits per heavy atom. The molecule has 0 aliphatic heterocycles. The first kappa shape index (κ1) is 15.3. The molecule has 0 aromatic carbocycles. The van der Waals surface area contributed by atoms with E-state index in [1.54, 1.807) is 0 Å². The summed E-state index contributed by atoms with van der Waals surface area (Å²) in [7, 11) is 1.53. The van der Waals surface area contributed by atoms with E-state index >= 15 is 0 Å². The van der Waals surface area contributed by atoms with Crippen LogP contribution in [0.2, 0.25) is 10.2 Å². The molecule has 2 amide bonds. The van der Waals surface area contributed by atoms with E-state index in [9.17, 15) is 9.59 Å². The molecule has 0 fully saturated rings. The highest BCUT2D eigenvalue weighted by atomic mass is 35.5. The van der Waals surface area contributed by atoms with E-state index in [0.29, 0.717) is 5.69 Å². The maximum Gasteiger partial charge on any atom is 0.257 e. The fraction of sp³-hybridized carbons (Fsp3) is 0.167. The maximum atomic E-state index is 12.1. The van der Waals surface area contributed by atoms with Gasteiger partial charge in [-0.05, 0) is 6.07 Å². The van der Waals surface area contributed by atoms with Gasteiger partial charge in [-0.2, -0.15) is 5.10 Å². The zero-order valence-electron chi connectivity index (χ0n) is 10.9. The molecule has 2 N–H and O–H groups in total. The van der Waals surface area contributed by atoms with Gasteiger partial charge in [-0.1, -0.05) is 23.2 Å². The normalized spacial score (nSPS) is 10.2. The summed E-state index contributed by atoms with van der Waals surface area (Å²) in [6, 6.07) is 1.37. The largest absolute Gasteiger partial charge is 0.358 e. The summed E-state index contributed by atoms with van der Waals surface area (Å²) in [5.74, 6) is -0.635. The summed E-state index contributed by atoms with van der Waals surface area (Å²) < 4.78 is 1.40. The molecule has 110 valence electrons. The second-order valence-corrected chi connectivity index (χ2v) is 4.84. The number of nitrogens with one attached hydrogen (secondary N) is 2. The van der Waals surface area contributed by atoms with E-state index in [4.69, 9.17) is 23.2 Å². The molecule has 0 bridgehead atoms. The van der Waals surface area contributed by atoms with E-state index in [-0.39, 0.29) is 28.2 Å². The van der Waals surface area contributed by atoms with E-state index < -0.39 is 5.91 Å². The third-order valence-electron chi connectivity index (χ3n) is 2.54. The number of nitrogens with zero attached hydrogens (tertiary/aromatic N) is 3. The fourth-order valence-corrected chi connectivity index (χ4v) is 1.87. The lowest BCUT2D eigenvalue weighted by molar-refractivity contribution is -0.121. The van der Waals surface area contributed by atoms with Crippen LogP contribution in [0.1, 0.15) is 10.4 Å². The van der Waals surface area contributed by atoms with Gasteiger partial charge in [-0.15, -0.1) is 0 Å². The van der Waals surface area contributed by atoms with Crippen molar-refractivity contribution in [3.05, 3.63) is 40.4 Å². The SMILES string of the molecule is CNC(=O)Cn1cc(NC(=O)c2cc(Cl)ncc2Cl)cn1. The van der Waals surface area contributed by atoms with Gasteiger partial charge in [0.15, 0.2) is 0 Å². The Labute approximate surface area is 130 Å². The second-order valence-electron chi connectivity index (χ2n) is 4.04. The Bertz CT molecular complexity index is 686. The summed E-state index contributed by atoms with van der Waals surface area (Å²) in [6.45, 7) is 0.0637. The highest BCUT2D eigenvalue weighted by molar-refractivity contribution is 6.35. The Hall–Kier alpha value is -2.12. The second kappa shape index (κ2) is 6.55. The summed E-state index contributed by atoms with van der Waals surface area (Å²) >= 11 is 11.6. The number of aromatic nitrogens is 3. The Balaban J connectivity index is 2.09. The van der Waals surface area contributed by atoms with E-state index in [0.717, 1.165) is 0 Å². The van der Waals surface area contributed by atoms with E-state index in [1.807, 2.05) is 0 Å². The van der Waals surface area contributed by atoms with Crippen molar-refractivity contribution in [2.24, 2.45) is 0 Å². The molecular formula is C12H11Cl2N5O2. The van der Waals surface area contributed by atoms with Crippen LogP contribution in [0.15, 0.2) is 24.7 Å². The lowest BCUT2D eigenvalue weighted by Gasteiger charge is -2.04. The minimum atomic E-state index is -0.441. The summed E-state index contributed by atoms with van der Waals surface area (Å²) in [5.41, 5.74) is 0.642. The number of pyridine rings is 1. The molecule has 0 atom stereocenters. The maximum absolute atomic E-state index is 12.1. The molecule has 0 unspecified atom stereocenters. The van der Waals surface area contributed by atoms with Gasteiger partial charge >= 0.3 is 0 Å². The average Bonchev–Trinajstić information content (AvgIpc) is 2.88. The fourth-order valence-electron chi connectivity index (χ4n) is 1.53. The predicted molar refractivity (Wildman–Crippen MR) is 78.5 cm³/mol. The molecule has 0 saturated heterocycles. The predicted octanol–water partition coefficient (Wildman–Crippen LogP) is 1.58. The average molecular weight is 328 g/mol. The number of amides is 2. The molecular weight excluding hydrogens is 317 g/mol. The van der Waals surface area contributed by atoms with Crippen LogP contribution in [-0.4, -0.2) is 33.6 Å². The molecule has 2 rings (SSSR count). The third-order valence-corrected chi connectivity index (χ3v) is 3.05. The molecule has 0 aliphatic rings. The molecule has 7 nitrogen and oxygen atoms in total. The van der Waals surface area contributed by atoms with Gasteiger partial charge in [0.25, 0.3) is 5.91 Å². The minimum absolute atomic E-state index is 0.0637. The minimum Gasteiger partial charge on any atom is -0.358 e. The van der Waals surface area contributed by atoms with Crippen LogP contribution >= 0.6 is 23.2 Å². The van der Waals surface area contributed by atoms with E-state index in [2.05, 4.69) is 20.7 Å². The van der Waals surface area contributed by atoms with Gasteiger partial charge in [0.05, 0.1) is 22.5 Å². The summed E-state index contributed by atoms with van der Waals surface area (Å²) in [4.78, 5) is 27.1. The monoisotopic (exact) mass is 327 g/mol. The lowest BCUT2D eigenvalue weighted by atomic mass is 10.2. The number of anilines is 1. The number of hydrogen-bond acceptors (Lipinski definition) is 4. The molecule has 0 spiro atoms. The van der Waals surface area contributed by atoms with Crippen LogP contribution in [0.5, 0.6) is 0 Å². The van der Waals surface area contributed by atoms with Crippen molar-refractivity contribution < 1.29 is 9.59 Å². The molecule has 9 heteroatoms. The lowest BCUT2D eigenvalue weighted by Crippen LogP contribution is -2.23. The zero-order chi connectivity index (χ0) is 15.4. The Morgan fingerprint density at radius 3 is 2.81 bits per heavy atom. The van der Waals surface area contributed by atoms with Gasteiger partial charge in [0, 0.05) is 19.4 Å². The van der Waals surface area contributed by atoms with Crippen molar-refractivity contribution in [1.29, 1.82) is 0 Å². The Morgan fingerprint density at radius 2 is 2.10 bits per heavy atom. The quantitative estimate of drug-likeness (QED) is 0.834. The van der Waals surface area contributed by atoms with Gasteiger partial charge in [0.2, 0.25) is 5.91 Å². The van der Waals surface area contributed by atoms with Crippen LogP contribution in [0.3, 0.4) is 0 Å². The van der Waals surface area contributed by atoms with Crippen molar-refractivity contribution in [1.82, 2.24) is 20.1 Å². The first-order valence-corrected chi connectivity index (χ1v) is 6.60. The van der Waals surface area contributed by atoms with Crippen molar-refractivity contribution in [3.63, 3.8) is 0 Å². The molecule has 0 radical (unpaired) electrons. The smallest absolute Gasteiger partial charge is 0.257 e. The number of carbonyl (C=O) groups excluding carboxylic acids is 2. The van der Waals surface area contributed by atoms with Gasteiger partial charge in [-0.25, -0.2) is 4.98 Å². The molecule has 21 heavy (non-hydrogen) atoms. The highest BCUT2D eigenvalue weighted by Crippen LogP contribution is 2.19. The van der Waals surface area contributed by atoms with Crippen LogP contribution in [0.4, 0.5) is 5.69 Å². The van der Waals surface area contributed by atoms with Gasteiger partial charge < -0.3 is 10.6 Å². The number of halogens is 2. The van der Waals surface area contributed by atoms with Gasteiger partial charge in [-0.3, -0.25) is 14.3 Å². The first-order chi connectivity index (χ1) is 9.99. The highest BCUT2D eigenvalue weighted by Gasteiger charge is 2.13. The zero-order valence-corrected chi connectivity index (χ0v) is 12.4. The Kier molecular flexibility index (Phi) is 4.77. The third kappa shape index (κ3) is 3.93. The summed E-state index contributed by atoms with van der Waals surface area (Å²) in [5, 5.41) is 9.41. The van der Waals surface area contributed by atoms with Crippen molar-refractivity contribution in [2.75, 3.05) is 12.4 Å². The van der Waals surface area contributed by atoms with Crippen LogP contribution in [0, 0.1) is 0 Å². The summed E-state index contributed by atoms with van der Waals surface area (Å²) in [6.07, 6.45) is 4.26. The van der Waals surface area contributed by atoms with E-state index in [1.165, 1.54) is 36.4 Å². The van der Waals surface area contributed by atoms with Crippen molar-refractivity contribution in [2.45, 2.75) is 6.54 Å². The number of carbonyl (C=O) groups is 2. The van der Waals surface area contributed by atoms with Crippen LogP contribution in [-0.2, 0) is 11.3 Å². The van der Waals surface area contributed by atoms with Crippen LogP contribution in [0.25, 0.3) is 0 Å². The first-order valence-electron chi connectivity index (χ1n) is 5.85. The number of hydrogen-bond donors (Lipinski definition) is 2. The number of likely N-dealkylation sites (N-methyl/N-ethyl adjacent to an activating group) is 1. The molecule has 0 aliphatic carbocycles. The van der Waals surface area contributed by atoms with Gasteiger partial charge in [0.1, 0.15) is 11.7 Å². The topological polar surface area (TPSA) is 88.9 Å². The van der Waals surface area contributed by atoms with Crippen molar-refractivity contribution >= 4 is 40.7 Å². The van der Waals surface area contributed by atoms with Crippen LogP contribution < -0.4 is 10.6 Å². The number of rotatable bonds is 4. The standard InChI is InChI=1S/C12H11Cl2N5O2/c1-15-11(20)6-19-5-7(3-17-19)18-12(21)8-2-10(14)16-4-9(8)13/h2-5H,6H2,1H3,(H,15,20)(H,18,21). The molecule has 0 saturated carbocycles.